The summed E-state index contributed by atoms with van der Waals surface area (Å²) in [6.07, 6.45) is 5.67. The summed E-state index contributed by atoms with van der Waals surface area (Å²) >= 11 is 0. The molecule has 3 rings (SSSR count). The van der Waals surface area contributed by atoms with Gasteiger partial charge in [-0.3, -0.25) is 14.7 Å². The molecule has 2 saturated heterocycles. The van der Waals surface area contributed by atoms with Gasteiger partial charge in [0, 0.05) is 33.2 Å². The fourth-order valence-electron chi connectivity index (χ4n) is 4.37. The molecule has 2 aliphatic rings. The maximum absolute atomic E-state index is 11.4. The molecule has 30 heavy (non-hydrogen) atoms. The minimum absolute atomic E-state index is 0.0166. The molecule has 7 nitrogen and oxygen atoms in total. The number of nitrogens with two attached hydrogens (primary N) is 1. The van der Waals surface area contributed by atoms with Crippen LogP contribution >= 0.6 is 0 Å². The Kier molecular flexibility index (Phi) is 8.96. The molecule has 0 saturated carbocycles. The van der Waals surface area contributed by atoms with Crippen LogP contribution in [0, 0.1) is 5.92 Å². The van der Waals surface area contributed by atoms with Crippen LogP contribution in [0.5, 0.6) is 0 Å². The Bertz CT molecular complexity index is 683. The van der Waals surface area contributed by atoms with Crippen LogP contribution in [-0.2, 0) is 17.9 Å². The van der Waals surface area contributed by atoms with Crippen molar-refractivity contribution in [2.75, 3.05) is 46.3 Å². The lowest BCUT2D eigenvalue weighted by atomic mass is 9.97. The number of likely N-dealkylation sites (tertiary alicyclic amines) is 2. The maximum Gasteiger partial charge on any atom is 0.221 e. The van der Waals surface area contributed by atoms with Gasteiger partial charge in [0.05, 0.1) is 5.92 Å². The fourth-order valence-corrected chi connectivity index (χ4v) is 4.37. The van der Waals surface area contributed by atoms with E-state index in [1.165, 1.54) is 37.1 Å². The lowest BCUT2D eigenvalue weighted by molar-refractivity contribution is -0.123. The monoisotopic (exact) mass is 414 g/mol. The number of amides is 1. The third kappa shape index (κ3) is 7.29. The predicted octanol–water partition coefficient (Wildman–Crippen LogP) is 1.53. The second-order valence-electron chi connectivity index (χ2n) is 8.55. The van der Waals surface area contributed by atoms with Gasteiger partial charge in [0.1, 0.15) is 0 Å². The van der Waals surface area contributed by atoms with E-state index >= 15 is 0 Å². The van der Waals surface area contributed by atoms with Crippen molar-refractivity contribution in [2.24, 2.45) is 16.6 Å². The first-order chi connectivity index (χ1) is 14.6. The van der Waals surface area contributed by atoms with Crippen LogP contribution in [0.25, 0.3) is 0 Å². The molecule has 1 aromatic rings. The van der Waals surface area contributed by atoms with Crippen molar-refractivity contribution < 1.29 is 4.79 Å². The van der Waals surface area contributed by atoms with E-state index in [0.717, 1.165) is 64.5 Å². The number of carbonyl (C=O) groups excluding carboxylic acids is 1. The fraction of sp³-hybridized carbons (Fsp3) is 0.652. The molecular formula is C23H38N6O. The van der Waals surface area contributed by atoms with Gasteiger partial charge < -0.3 is 21.3 Å². The van der Waals surface area contributed by atoms with Crippen LogP contribution in [0.1, 0.15) is 43.2 Å². The van der Waals surface area contributed by atoms with Crippen LogP contribution in [0.3, 0.4) is 0 Å². The highest BCUT2D eigenvalue weighted by Gasteiger charge is 2.23. The number of hydrogen-bond acceptors (Lipinski definition) is 4. The van der Waals surface area contributed by atoms with Crippen LogP contribution in [-0.4, -0.2) is 68.0 Å². The SMILES string of the molecule is CN=C(NCCCN1CCCC(C(N)=O)C1)NCc1ccc(CN2CCCC2)cc1. The third-order valence-corrected chi connectivity index (χ3v) is 6.16. The summed E-state index contributed by atoms with van der Waals surface area (Å²) in [5, 5.41) is 6.78. The molecule has 4 N–H and O–H groups in total. The van der Waals surface area contributed by atoms with Crippen LogP contribution in [0.4, 0.5) is 0 Å². The number of rotatable bonds is 9. The van der Waals surface area contributed by atoms with Crippen molar-refractivity contribution in [2.45, 2.75) is 45.2 Å². The number of hydrogen-bond donors (Lipinski definition) is 3. The highest BCUT2D eigenvalue weighted by atomic mass is 16.1. The predicted molar refractivity (Wildman–Crippen MR) is 122 cm³/mol. The molecule has 2 aliphatic heterocycles. The summed E-state index contributed by atoms with van der Waals surface area (Å²) in [4.78, 5) is 20.6. The third-order valence-electron chi connectivity index (χ3n) is 6.16. The number of aliphatic imine (C=N–C) groups is 1. The molecule has 2 fully saturated rings. The summed E-state index contributed by atoms with van der Waals surface area (Å²) in [7, 11) is 1.80. The van der Waals surface area contributed by atoms with Crippen molar-refractivity contribution in [3.8, 4) is 0 Å². The van der Waals surface area contributed by atoms with Crippen molar-refractivity contribution >= 4 is 11.9 Å². The molecule has 0 bridgehead atoms. The molecule has 0 aromatic heterocycles. The van der Waals surface area contributed by atoms with Crippen LogP contribution in [0.15, 0.2) is 29.3 Å². The molecule has 1 unspecified atom stereocenters. The zero-order chi connectivity index (χ0) is 21.2. The minimum atomic E-state index is -0.161. The van der Waals surface area contributed by atoms with Crippen LogP contribution < -0.4 is 16.4 Å². The van der Waals surface area contributed by atoms with E-state index in [0.29, 0.717) is 0 Å². The molecule has 1 atom stereocenters. The second-order valence-corrected chi connectivity index (χ2v) is 8.55. The van der Waals surface area contributed by atoms with E-state index in [2.05, 4.69) is 49.7 Å². The van der Waals surface area contributed by atoms with E-state index in [-0.39, 0.29) is 11.8 Å². The molecule has 0 aliphatic carbocycles. The number of piperidine rings is 1. The highest BCUT2D eigenvalue weighted by Crippen LogP contribution is 2.16. The summed E-state index contributed by atoms with van der Waals surface area (Å²) in [6, 6.07) is 8.89. The first-order valence-corrected chi connectivity index (χ1v) is 11.4. The first kappa shape index (κ1) is 22.6. The standard InChI is InChI=1S/C23H38N6O/c1-25-23(26-11-5-15-29-14-4-6-21(18-29)22(24)30)27-16-19-7-9-20(10-8-19)17-28-12-2-3-13-28/h7-10,21H,2-6,11-18H2,1H3,(H2,24,30)(H2,25,26,27). The lowest BCUT2D eigenvalue weighted by Gasteiger charge is -2.31. The molecule has 1 aromatic carbocycles. The second kappa shape index (κ2) is 11.9. The number of carbonyl (C=O) groups is 1. The summed E-state index contributed by atoms with van der Waals surface area (Å²) in [6.45, 7) is 7.98. The zero-order valence-electron chi connectivity index (χ0n) is 18.4. The summed E-state index contributed by atoms with van der Waals surface area (Å²) in [5.74, 6) is 0.680. The van der Waals surface area contributed by atoms with Gasteiger partial charge in [0.2, 0.25) is 5.91 Å². The quantitative estimate of drug-likeness (QED) is 0.324. The first-order valence-electron chi connectivity index (χ1n) is 11.4. The maximum atomic E-state index is 11.4. The van der Waals surface area contributed by atoms with Crippen molar-refractivity contribution in [3.63, 3.8) is 0 Å². The number of primary amides is 1. The Balaban J connectivity index is 1.32. The molecule has 0 spiro atoms. The van der Waals surface area contributed by atoms with Crippen LogP contribution in [0.2, 0.25) is 0 Å². The number of benzene rings is 1. The van der Waals surface area contributed by atoms with Crippen molar-refractivity contribution in [1.29, 1.82) is 0 Å². The molecule has 7 heteroatoms. The number of guanidine groups is 1. The highest BCUT2D eigenvalue weighted by molar-refractivity contribution is 5.79. The van der Waals surface area contributed by atoms with E-state index < -0.39 is 0 Å². The van der Waals surface area contributed by atoms with Gasteiger partial charge in [-0.05, 0) is 69.4 Å². The lowest BCUT2D eigenvalue weighted by Crippen LogP contribution is -2.42. The average Bonchev–Trinajstić information content (AvgIpc) is 3.27. The van der Waals surface area contributed by atoms with Gasteiger partial charge in [0.15, 0.2) is 5.96 Å². The molecule has 1 amide bonds. The van der Waals surface area contributed by atoms with Gasteiger partial charge in [-0.15, -0.1) is 0 Å². The molecule has 166 valence electrons. The molecule has 2 heterocycles. The largest absolute Gasteiger partial charge is 0.369 e. The van der Waals surface area contributed by atoms with Gasteiger partial charge in [-0.25, -0.2) is 0 Å². The van der Waals surface area contributed by atoms with E-state index in [1.807, 2.05) is 0 Å². The van der Waals surface area contributed by atoms with E-state index in [1.54, 1.807) is 7.05 Å². The molecule has 0 radical (unpaired) electrons. The molecular weight excluding hydrogens is 376 g/mol. The normalized spacial score (nSPS) is 21.0. The van der Waals surface area contributed by atoms with Crippen molar-refractivity contribution in [1.82, 2.24) is 20.4 Å². The summed E-state index contributed by atoms with van der Waals surface area (Å²) < 4.78 is 0. The zero-order valence-corrected chi connectivity index (χ0v) is 18.4. The minimum Gasteiger partial charge on any atom is -0.369 e. The van der Waals surface area contributed by atoms with Gasteiger partial charge >= 0.3 is 0 Å². The Morgan fingerprint density at radius 1 is 1.07 bits per heavy atom. The topological polar surface area (TPSA) is 86.0 Å². The number of nitrogens with zero attached hydrogens (tertiary/aromatic N) is 3. The Labute approximate surface area is 181 Å². The van der Waals surface area contributed by atoms with E-state index in [9.17, 15) is 4.79 Å². The van der Waals surface area contributed by atoms with Gasteiger partial charge in [-0.2, -0.15) is 0 Å². The summed E-state index contributed by atoms with van der Waals surface area (Å²) in [5.41, 5.74) is 8.11. The Hall–Kier alpha value is -2.12. The average molecular weight is 415 g/mol. The van der Waals surface area contributed by atoms with Gasteiger partial charge in [-0.1, -0.05) is 24.3 Å². The Morgan fingerprint density at radius 2 is 1.77 bits per heavy atom. The van der Waals surface area contributed by atoms with E-state index in [4.69, 9.17) is 5.73 Å². The number of nitrogens with one attached hydrogen (secondary N) is 2. The van der Waals surface area contributed by atoms with Gasteiger partial charge in [0.25, 0.3) is 0 Å². The smallest absolute Gasteiger partial charge is 0.221 e. The van der Waals surface area contributed by atoms with Crippen molar-refractivity contribution in [3.05, 3.63) is 35.4 Å². The Morgan fingerprint density at radius 3 is 2.47 bits per heavy atom.